The summed E-state index contributed by atoms with van der Waals surface area (Å²) in [5, 5.41) is 3.21. The molecule has 0 radical (unpaired) electrons. The molecule has 18 heteroatoms. The van der Waals surface area contributed by atoms with Crippen molar-refractivity contribution in [3.05, 3.63) is 62.5 Å². The lowest BCUT2D eigenvalue weighted by Gasteiger charge is -2.47. The van der Waals surface area contributed by atoms with Gasteiger partial charge in [-0.2, -0.15) is 0 Å². The third kappa shape index (κ3) is 35.5. The van der Waals surface area contributed by atoms with Crippen molar-refractivity contribution in [2.45, 2.75) is 282 Å². The topological polar surface area (TPSA) is 183 Å². The highest BCUT2D eigenvalue weighted by Crippen LogP contribution is 2.52. The van der Waals surface area contributed by atoms with E-state index in [9.17, 15) is 14.2 Å². The van der Waals surface area contributed by atoms with E-state index in [0.29, 0.717) is 19.4 Å². The zero-order valence-corrected chi connectivity index (χ0v) is 53.5. The zero-order valence-electron chi connectivity index (χ0n) is 52.6. The predicted octanol–water partition coefficient (Wildman–Crippen LogP) is 15.8. The Labute approximate surface area is 503 Å². The standard InChI is InChI=1S/C65H116NO16P/c1-10-17-20-23-25-27-28-29-30-31-32-33-34-37-40-43-58(67)66-60-63(74-50-44-54(71-9)42-39-36-22-19-12-3)62(82-83(69,77-47-15-6)78-48-16-7)56(52-70-8)80-64(60)76-53-57-61(81-65(68)75-46-14-5)55(51-59(79-57)73-45-13-4)72-49-41-38-35-26-24-21-18-11-2/h13-16,27-28,45,54-57,59-64H,5-7,10-12,17-26,29-44,46-53H2,1-4,8-9H3,(H,66,67)/b28-27-,45-13-/t54?,55?,56?,57?,59?,60-,61+,62-,63?,64-/m1/s1. The van der Waals surface area contributed by atoms with Crippen molar-refractivity contribution in [1.29, 1.82) is 0 Å². The highest BCUT2D eigenvalue weighted by Gasteiger charge is 2.53. The fourth-order valence-electron chi connectivity index (χ4n) is 10.2. The van der Waals surface area contributed by atoms with Gasteiger partial charge in [-0.3, -0.25) is 18.4 Å². The molecule has 10 atom stereocenters. The van der Waals surface area contributed by atoms with Crippen LogP contribution in [0.3, 0.4) is 0 Å². The van der Waals surface area contributed by atoms with Crippen LogP contribution in [0.1, 0.15) is 220 Å². The largest absolute Gasteiger partial charge is 0.509 e. The molecule has 2 rings (SSSR count). The second-order valence-corrected chi connectivity index (χ2v) is 23.5. The molecule has 83 heavy (non-hydrogen) atoms. The van der Waals surface area contributed by atoms with Gasteiger partial charge >= 0.3 is 14.0 Å². The molecule has 0 bridgehead atoms. The molecule has 1 N–H and O–H groups in total. The van der Waals surface area contributed by atoms with E-state index >= 15 is 0 Å². The van der Waals surface area contributed by atoms with Crippen molar-refractivity contribution in [1.82, 2.24) is 5.32 Å². The van der Waals surface area contributed by atoms with Crippen LogP contribution in [0.15, 0.2) is 62.5 Å². The predicted molar refractivity (Wildman–Crippen MR) is 329 cm³/mol. The van der Waals surface area contributed by atoms with Gasteiger partial charge in [0, 0.05) is 40.3 Å². The van der Waals surface area contributed by atoms with Gasteiger partial charge in [0.05, 0.1) is 38.8 Å². The molecule has 17 nitrogen and oxygen atoms in total. The Kier molecular flexibility index (Phi) is 46.9. The minimum Gasteiger partial charge on any atom is -0.473 e. The molecule has 1 amide bonds. The molecule has 0 aromatic rings. The van der Waals surface area contributed by atoms with Crippen LogP contribution >= 0.6 is 7.82 Å². The SMILES string of the molecule is C=CCOC(=O)O[C@H]1C(OCCCCCCCCCC)CC(O/C=C\C)OC1CO[C@@H]1OC(COC)[C@@H](OP(=O)(OCC=C)OCC=C)C(OCCC(CCCCCCC)OC)[C@H]1NC(=O)CCCCCCCCC/C=C\CCCCCC. The van der Waals surface area contributed by atoms with E-state index < -0.39 is 69.2 Å². The number of phosphoric acid groups is 1. The summed E-state index contributed by atoms with van der Waals surface area (Å²) in [5.41, 5.74) is 0. The first-order chi connectivity index (χ1) is 40.6. The van der Waals surface area contributed by atoms with Crippen LogP contribution < -0.4 is 5.32 Å². The molecule has 2 aliphatic heterocycles. The summed E-state index contributed by atoms with van der Waals surface area (Å²) >= 11 is 0. The summed E-state index contributed by atoms with van der Waals surface area (Å²) in [4.78, 5) is 27.7. The molecule has 2 fully saturated rings. The summed E-state index contributed by atoms with van der Waals surface area (Å²) in [6.07, 6.45) is 34.1. The average Bonchev–Trinajstić information content (AvgIpc) is 3.63. The van der Waals surface area contributed by atoms with Crippen molar-refractivity contribution in [3.63, 3.8) is 0 Å². The lowest BCUT2D eigenvalue weighted by Crippen LogP contribution is -2.66. The summed E-state index contributed by atoms with van der Waals surface area (Å²) in [6.45, 7) is 19.5. The Morgan fingerprint density at radius 2 is 1.19 bits per heavy atom. The molecule has 0 saturated carbocycles. The van der Waals surface area contributed by atoms with Gasteiger partial charge in [-0.1, -0.05) is 192 Å². The van der Waals surface area contributed by atoms with E-state index in [1.165, 1.54) is 109 Å². The highest BCUT2D eigenvalue weighted by molar-refractivity contribution is 7.48. The molecular formula is C65H116NO16P. The number of amides is 1. The first kappa shape index (κ1) is 76.2. The van der Waals surface area contributed by atoms with Crippen molar-refractivity contribution >= 4 is 19.9 Å². The number of nitrogens with one attached hydrogen (secondary N) is 1. The van der Waals surface area contributed by atoms with Crippen molar-refractivity contribution < 1.29 is 75.1 Å². The van der Waals surface area contributed by atoms with Gasteiger partial charge in [0.15, 0.2) is 12.4 Å². The Hall–Kier alpha value is -2.93. The van der Waals surface area contributed by atoms with Gasteiger partial charge in [0.1, 0.15) is 43.2 Å². The molecule has 2 saturated heterocycles. The van der Waals surface area contributed by atoms with Crippen LogP contribution in [0, 0.1) is 0 Å². The van der Waals surface area contributed by atoms with E-state index in [1.807, 2.05) is 6.92 Å². The molecule has 0 aliphatic carbocycles. The number of hydrogen-bond donors (Lipinski definition) is 1. The van der Waals surface area contributed by atoms with Gasteiger partial charge in [-0.15, -0.1) is 13.2 Å². The van der Waals surface area contributed by atoms with Gasteiger partial charge in [-0.05, 0) is 58.3 Å². The number of methoxy groups -OCH3 is 2. The van der Waals surface area contributed by atoms with E-state index in [4.69, 9.17) is 60.9 Å². The molecule has 0 aromatic heterocycles. The first-order valence-electron chi connectivity index (χ1n) is 32.2. The summed E-state index contributed by atoms with van der Waals surface area (Å²) in [5.74, 6) is -0.267. The van der Waals surface area contributed by atoms with Gasteiger partial charge in [0.2, 0.25) is 12.2 Å². The molecular weight excluding hydrogens is 1080 g/mol. The van der Waals surface area contributed by atoms with Crippen LogP contribution in [0.25, 0.3) is 0 Å². The van der Waals surface area contributed by atoms with Crippen LogP contribution in [0.5, 0.6) is 0 Å². The molecule has 482 valence electrons. The van der Waals surface area contributed by atoms with Crippen LogP contribution in [0.4, 0.5) is 4.79 Å². The fraction of sp³-hybridized carbons (Fsp3) is 0.815. The molecule has 2 aliphatic rings. The third-order valence-corrected chi connectivity index (χ3v) is 16.2. The lowest BCUT2D eigenvalue weighted by atomic mass is 9.95. The number of ether oxygens (including phenoxy) is 10. The maximum absolute atomic E-state index is 14.6. The second-order valence-electron chi connectivity index (χ2n) is 21.9. The Bertz CT molecular complexity index is 1720. The lowest BCUT2D eigenvalue weighted by molar-refractivity contribution is -0.299. The van der Waals surface area contributed by atoms with E-state index in [1.54, 1.807) is 19.4 Å². The van der Waals surface area contributed by atoms with Gasteiger partial charge in [0.25, 0.3) is 0 Å². The minimum absolute atomic E-state index is 0.0706. The van der Waals surface area contributed by atoms with Gasteiger partial charge in [-0.25, -0.2) is 9.36 Å². The van der Waals surface area contributed by atoms with Crippen molar-refractivity contribution in [2.75, 3.05) is 60.5 Å². The average molecular weight is 1200 g/mol. The van der Waals surface area contributed by atoms with E-state index in [-0.39, 0.29) is 64.5 Å². The summed E-state index contributed by atoms with van der Waals surface area (Å²) < 4.78 is 95.1. The minimum atomic E-state index is -4.40. The monoisotopic (exact) mass is 1200 g/mol. The zero-order chi connectivity index (χ0) is 60.4. The quantitative estimate of drug-likeness (QED) is 0.0199. The molecule has 0 spiro atoms. The Morgan fingerprint density at radius 3 is 1.78 bits per heavy atom. The fourth-order valence-corrected chi connectivity index (χ4v) is 11.5. The third-order valence-electron chi connectivity index (χ3n) is 14.8. The van der Waals surface area contributed by atoms with Crippen LogP contribution in [-0.2, 0) is 70.3 Å². The van der Waals surface area contributed by atoms with Crippen LogP contribution in [0.2, 0.25) is 0 Å². The van der Waals surface area contributed by atoms with Crippen molar-refractivity contribution in [2.24, 2.45) is 0 Å². The Morgan fingerprint density at radius 1 is 0.627 bits per heavy atom. The van der Waals surface area contributed by atoms with Gasteiger partial charge < -0.3 is 52.7 Å². The first-order valence-corrected chi connectivity index (χ1v) is 33.6. The van der Waals surface area contributed by atoms with Crippen LogP contribution in [-0.4, -0.2) is 134 Å². The maximum atomic E-state index is 14.6. The second kappa shape index (κ2) is 51.1. The molecule has 6 unspecified atom stereocenters. The number of carbonyl (C=O) groups excluding carboxylic acids is 2. The summed E-state index contributed by atoms with van der Waals surface area (Å²) in [7, 11) is -1.20. The number of unbranched alkanes of at least 4 members (excludes halogenated alkanes) is 22. The highest BCUT2D eigenvalue weighted by atomic mass is 31.2. The maximum Gasteiger partial charge on any atom is 0.509 e. The number of hydrogen-bond acceptors (Lipinski definition) is 16. The number of allylic oxidation sites excluding steroid dienone is 3. The Balaban J connectivity index is 2.55. The number of carbonyl (C=O) groups is 2. The number of phosphoric ester groups is 1. The molecule has 0 aromatic carbocycles. The van der Waals surface area contributed by atoms with E-state index in [2.05, 4.69) is 58.0 Å². The normalized spacial score (nSPS) is 22.4. The van der Waals surface area contributed by atoms with Crippen molar-refractivity contribution in [3.8, 4) is 0 Å². The smallest absolute Gasteiger partial charge is 0.473 e. The summed E-state index contributed by atoms with van der Waals surface area (Å²) in [6, 6.07) is -1.09. The van der Waals surface area contributed by atoms with E-state index in [0.717, 1.165) is 83.5 Å². The molecule has 2 heterocycles. The number of rotatable bonds is 55.